The zero-order valence-electron chi connectivity index (χ0n) is 26.1. The molecular weight excluding hydrogens is 687 g/mol. The summed E-state index contributed by atoms with van der Waals surface area (Å²) in [6.07, 6.45) is 5.37. The summed E-state index contributed by atoms with van der Waals surface area (Å²) >= 11 is 0. The number of rotatable bonds is 4. The third-order valence-electron chi connectivity index (χ3n) is 9.12. The number of H-pyrrole nitrogens is 2. The van der Waals surface area contributed by atoms with E-state index in [2.05, 4.69) is 9.97 Å². The highest BCUT2D eigenvalue weighted by Gasteiger charge is 2.25. The van der Waals surface area contributed by atoms with Gasteiger partial charge in [-0.05, 0) is 110 Å². The molecule has 8 rings (SSSR count). The minimum absolute atomic E-state index is 0. The van der Waals surface area contributed by atoms with Crippen LogP contribution in [0.3, 0.4) is 0 Å². The van der Waals surface area contributed by atoms with Crippen molar-refractivity contribution in [3.05, 3.63) is 120 Å². The molecule has 0 saturated heterocycles. The van der Waals surface area contributed by atoms with Gasteiger partial charge in [0.05, 0.1) is 19.6 Å². The van der Waals surface area contributed by atoms with Gasteiger partial charge in [-0.1, -0.05) is 36.4 Å². The maximum Gasteiger partial charge on any atom is 0.206 e. The molecule has 8 nitrogen and oxygen atoms in total. The topological polar surface area (TPSA) is 152 Å². The molecule has 12 heteroatoms. The number of nitrogens with two attached hydrogens (primary N) is 2. The molecule has 0 amide bonds. The number of nitrogens with one attached hydrogen (secondary N) is 2. The van der Waals surface area contributed by atoms with Gasteiger partial charge in [-0.2, -0.15) is 0 Å². The summed E-state index contributed by atoms with van der Waals surface area (Å²) < 4.78 is 51.2. The third kappa shape index (κ3) is 6.65. The Hall–Kier alpha value is -3.64. The number of sulfone groups is 2. The lowest BCUT2D eigenvalue weighted by Gasteiger charge is -2.18. The lowest BCUT2D eigenvalue weighted by Crippen LogP contribution is -2.27. The average molecular weight is 726 g/mol. The molecule has 2 aromatic heterocycles. The quantitative estimate of drug-likeness (QED) is 0.163. The first kappa shape index (κ1) is 35.7. The SMILES string of the molecule is Cl.Cl.N[C@@H]1CCc2[nH]c3ccc(S(=O)(=O)c4ccccc4)cc3c2C1.N[C@H]1CCc2[nH]c3ccc(S(=O)(=O)c4ccccc4)cc3c2C1. The highest BCUT2D eigenvalue weighted by Crippen LogP contribution is 2.33. The molecule has 0 radical (unpaired) electrons. The van der Waals surface area contributed by atoms with Gasteiger partial charge in [0.2, 0.25) is 19.7 Å². The van der Waals surface area contributed by atoms with E-state index in [0.29, 0.717) is 19.6 Å². The van der Waals surface area contributed by atoms with E-state index in [4.69, 9.17) is 11.5 Å². The molecule has 2 aliphatic carbocycles. The van der Waals surface area contributed by atoms with Crippen LogP contribution in [0.25, 0.3) is 21.8 Å². The van der Waals surface area contributed by atoms with Crippen LogP contribution in [0.5, 0.6) is 0 Å². The molecule has 6 N–H and O–H groups in total. The summed E-state index contributed by atoms with van der Waals surface area (Å²) in [6.45, 7) is 0. The van der Waals surface area contributed by atoms with Crippen LogP contribution in [0.2, 0.25) is 0 Å². The molecule has 0 aliphatic heterocycles. The Labute approximate surface area is 293 Å². The van der Waals surface area contributed by atoms with Gasteiger partial charge in [0.25, 0.3) is 0 Å². The molecule has 4 aromatic carbocycles. The standard InChI is InChI=1S/2C18H18N2O2S.2ClH/c2*19-12-6-8-17-15(10-12)16-11-14(7-9-18(16)20-17)23(21,22)13-4-2-1-3-5-13;;/h2*1-5,7,9,11-12,20H,6,8,10,19H2;2*1H/t2*12-;;/m10../s1. The van der Waals surface area contributed by atoms with Crippen LogP contribution in [-0.2, 0) is 45.4 Å². The molecule has 0 saturated carbocycles. The van der Waals surface area contributed by atoms with Crippen LogP contribution in [0, 0.1) is 0 Å². The van der Waals surface area contributed by atoms with Crippen LogP contribution in [0.15, 0.2) is 117 Å². The number of aromatic amines is 2. The van der Waals surface area contributed by atoms with E-state index in [1.54, 1.807) is 72.8 Å². The van der Waals surface area contributed by atoms with Crippen LogP contribution >= 0.6 is 24.8 Å². The minimum Gasteiger partial charge on any atom is -0.358 e. The second kappa shape index (κ2) is 14.1. The molecule has 2 atom stereocenters. The Balaban J connectivity index is 0.000000180. The zero-order chi connectivity index (χ0) is 32.1. The van der Waals surface area contributed by atoms with Gasteiger partial charge in [-0.25, -0.2) is 16.8 Å². The molecule has 6 aromatic rings. The van der Waals surface area contributed by atoms with Crippen LogP contribution in [0.4, 0.5) is 0 Å². The van der Waals surface area contributed by atoms with Gasteiger partial charge in [0, 0.05) is 45.3 Å². The predicted octanol–water partition coefficient (Wildman–Crippen LogP) is 6.48. The van der Waals surface area contributed by atoms with Crippen molar-refractivity contribution in [3.8, 4) is 0 Å². The molecule has 0 spiro atoms. The van der Waals surface area contributed by atoms with E-state index in [1.807, 2.05) is 24.3 Å². The smallest absolute Gasteiger partial charge is 0.206 e. The first-order chi connectivity index (χ1) is 22.1. The van der Waals surface area contributed by atoms with Gasteiger partial charge in [-0.15, -0.1) is 24.8 Å². The van der Waals surface area contributed by atoms with Gasteiger partial charge in [0.1, 0.15) is 0 Å². The van der Waals surface area contributed by atoms with Crippen LogP contribution in [0.1, 0.15) is 35.4 Å². The zero-order valence-corrected chi connectivity index (χ0v) is 29.3. The Bertz CT molecular complexity index is 2130. The second-order valence-electron chi connectivity index (χ2n) is 12.2. The van der Waals surface area contributed by atoms with Crippen molar-refractivity contribution in [2.24, 2.45) is 11.5 Å². The number of aryl methyl sites for hydroxylation is 2. The average Bonchev–Trinajstić information content (AvgIpc) is 3.62. The fourth-order valence-corrected chi connectivity index (χ4v) is 9.27. The van der Waals surface area contributed by atoms with E-state index in [0.717, 1.165) is 60.3 Å². The predicted molar refractivity (Wildman–Crippen MR) is 195 cm³/mol. The van der Waals surface area contributed by atoms with Crippen molar-refractivity contribution < 1.29 is 16.8 Å². The van der Waals surface area contributed by atoms with E-state index >= 15 is 0 Å². The first-order valence-corrected chi connectivity index (χ1v) is 18.5. The summed E-state index contributed by atoms with van der Waals surface area (Å²) in [7, 11) is -6.99. The van der Waals surface area contributed by atoms with Crippen LogP contribution in [-0.4, -0.2) is 38.9 Å². The summed E-state index contributed by atoms with van der Waals surface area (Å²) in [5, 5.41) is 1.96. The van der Waals surface area contributed by atoms with Crippen molar-refractivity contribution in [3.63, 3.8) is 0 Å². The number of benzene rings is 4. The minimum atomic E-state index is -3.49. The lowest BCUT2D eigenvalue weighted by molar-refractivity contribution is 0.574. The summed E-state index contributed by atoms with van der Waals surface area (Å²) in [4.78, 5) is 8.11. The van der Waals surface area contributed by atoms with Crippen molar-refractivity contribution in [1.82, 2.24) is 9.97 Å². The molecule has 48 heavy (non-hydrogen) atoms. The van der Waals surface area contributed by atoms with Gasteiger partial charge in [0.15, 0.2) is 0 Å². The van der Waals surface area contributed by atoms with Crippen molar-refractivity contribution >= 4 is 66.3 Å². The molecule has 2 aliphatic rings. The van der Waals surface area contributed by atoms with E-state index in [9.17, 15) is 16.8 Å². The monoisotopic (exact) mass is 724 g/mol. The van der Waals surface area contributed by atoms with Crippen molar-refractivity contribution in [2.75, 3.05) is 0 Å². The summed E-state index contributed by atoms with van der Waals surface area (Å²) in [5.41, 5.74) is 18.9. The molecule has 0 bridgehead atoms. The maximum atomic E-state index is 12.8. The van der Waals surface area contributed by atoms with Gasteiger partial charge in [-0.3, -0.25) is 0 Å². The number of hydrogen-bond acceptors (Lipinski definition) is 6. The normalized spacial score (nSPS) is 17.3. The third-order valence-corrected chi connectivity index (χ3v) is 12.7. The second-order valence-corrected chi connectivity index (χ2v) is 16.1. The first-order valence-electron chi connectivity index (χ1n) is 15.5. The van der Waals surface area contributed by atoms with Gasteiger partial charge < -0.3 is 21.4 Å². The van der Waals surface area contributed by atoms with E-state index < -0.39 is 19.7 Å². The molecule has 0 unspecified atom stereocenters. The van der Waals surface area contributed by atoms with Crippen molar-refractivity contribution in [2.45, 2.75) is 70.2 Å². The largest absolute Gasteiger partial charge is 0.358 e. The van der Waals surface area contributed by atoms with E-state index in [1.165, 1.54) is 22.5 Å². The Kier molecular flexibility index (Phi) is 10.5. The maximum absolute atomic E-state index is 12.8. The number of hydrogen-bond donors (Lipinski definition) is 4. The molecule has 252 valence electrons. The summed E-state index contributed by atoms with van der Waals surface area (Å²) in [6, 6.07) is 28.0. The van der Waals surface area contributed by atoms with Crippen LogP contribution < -0.4 is 11.5 Å². The lowest BCUT2D eigenvalue weighted by atomic mass is 9.92. The molecule has 2 heterocycles. The molecular formula is C36H38Cl2N4O4S2. The van der Waals surface area contributed by atoms with Gasteiger partial charge >= 0.3 is 0 Å². The van der Waals surface area contributed by atoms with E-state index in [-0.39, 0.29) is 36.9 Å². The Morgan fingerprint density at radius 3 is 1.27 bits per heavy atom. The highest BCUT2D eigenvalue weighted by atomic mass is 35.5. The summed E-state index contributed by atoms with van der Waals surface area (Å²) in [5.74, 6) is 0. The Morgan fingerprint density at radius 1 is 0.521 bits per heavy atom. The fraction of sp³-hybridized carbons (Fsp3) is 0.222. The molecule has 0 fully saturated rings. The number of aromatic nitrogens is 2. The fourth-order valence-electron chi connectivity index (χ4n) is 6.65. The highest BCUT2D eigenvalue weighted by molar-refractivity contribution is 7.91. The number of halogens is 2. The van der Waals surface area contributed by atoms with Crippen molar-refractivity contribution in [1.29, 1.82) is 0 Å². The Morgan fingerprint density at radius 2 is 0.896 bits per heavy atom. The number of fused-ring (bicyclic) bond motifs is 6.